The van der Waals surface area contributed by atoms with E-state index in [1.54, 1.807) is 20.8 Å². The van der Waals surface area contributed by atoms with Gasteiger partial charge in [0.1, 0.15) is 12.7 Å². The van der Waals surface area contributed by atoms with Crippen LogP contribution in [0.4, 0.5) is 4.79 Å². The molecule has 0 aromatic rings. The molecule has 0 unspecified atom stereocenters. The molecule has 0 spiro atoms. The Kier molecular flexibility index (Phi) is 8.64. The molecule has 17 heavy (non-hydrogen) atoms. The Hall–Kier alpha value is -0.930. The van der Waals surface area contributed by atoms with Crippen LogP contribution < -0.4 is 0 Å². The average Bonchev–Trinajstić information content (AvgIpc) is 2.14. The largest absolute Gasteiger partial charge is 0.508 e. The number of hydrogen-bond acceptors (Lipinski definition) is 8. The molecule has 0 aliphatic carbocycles. The Morgan fingerprint density at radius 2 is 1.88 bits per heavy atom. The second-order valence-corrected chi connectivity index (χ2v) is 3.51. The molecule has 0 saturated heterocycles. The van der Waals surface area contributed by atoms with Crippen molar-refractivity contribution in [2.45, 2.75) is 33.0 Å². The molecule has 0 heterocycles. The van der Waals surface area contributed by atoms with Gasteiger partial charge in [-0.15, -0.1) is 0 Å². The van der Waals surface area contributed by atoms with E-state index >= 15 is 0 Å². The summed E-state index contributed by atoms with van der Waals surface area (Å²) in [6.07, 6.45) is -1.51. The van der Waals surface area contributed by atoms with Crippen LogP contribution in [0.25, 0.3) is 0 Å². The molecule has 0 rings (SSSR count). The van der Waals surface area contributed by atoms with Crippen LogP contribution in [0.2, 0.25) is 0 Å². The number of rotatable bonds is 8. The summed E-state index contributed by atoms with van der Waals surface area (Å²) in [6, 6.07) is 0. The van der Waals surface area contributed by atoms with Gasteiger partial charge in [0.15, 0.2) is 0 Å². The summed E-state index contributed by atoms with van der Waals surface area (Å²) in [4.78, 5) is 15.3. The van der Waals surface area contributed by atoms with E-state index in [9.17, 15) is 4.79 Å². The molecule has 8 nitrogen and oxygen atoms in total. The smallest absolute Gasteiger partial charge is 0.432 e. The van der Waals surface area contributed by atoms with Crippen molar-refractivity contribution in [1.82, 2.24) is 5.39 Å². The molecule has 0 bridgehead atoms. The number of nitrogens with zero attached hydrogens (tertiary/aromatic N) is 1. The molecule has 0 aliphatic heterocycles. The van der Waals surface area contributed by atoms with Crippen LogP contribution in [0, 0.1) is 0 Å². The van der Waals surface area contributed by atoms with Crippen LogP contribution in [-0.2, 0) is 19.0 Å². The van der Waals surface area contributed by atoms with E-state index in [-0.39, 0.29) is 31.3 Å². The Bertz CT molecular complexity index is 210. The van der Waals surface area contributed by atoms with Crippen molar-refractivity contribution < 1.29 is 34.3 Å². The van der Waals surface area contributed by atoms with Gasteiger partial charge >= 0.3 is 6.16 Å². The van der Waals surface area contributed by atoms with Gasteiger partial charge in [-0.1, -0.05) is 0 Å². The number of carbonyl (C=O) groups excluding carboxylic acids is 1. The normalized spacial score (nSPS) is 12.9. The third kappa shape index (κ3) is 11.3. The summed E-state index contributed by atoms with van der Waals surface area (Å²) in [5.74, 6) is 0. The Labute approximate surface area is 99.5 Å². The molecule has 0 aromatic heterocycles. The van der Waals surface area contributed by atoms with Crippen LogP contribution in [0.3, 0.4) is 0 Å². The van der Waals surface area contributed by atoms with Gasteiger partial charge in [0, 0.05) is 0 Å². The van der Waals surface area contributed by atoms with Crippen molar-refractivity contribution in [3.63, 3.8) is 0 Å². The molecule has 0 radical (unpaired) electrons. The van der Waals surface area contributed by atoms with Crippen molar-refractivity contribution in [2.24, 2.45) is 0 Å². The monoisotopic (exact) mass is 253 g/mol. The van der Waals surface area contributed by atoms with Crippen molar-refractivity contribution in [3.05, 3.63) is 0 Å². The van der Waals surface area contributed by atoms with Crippen LogP contribution in [0.1, 0.15) is 20.8 Å². The molecule has 0 aliphatic rings. The lowest BCUT2D eigenvalue weighted by Crippen LogP contribution is -2.26. The highest BCUT2D eigenvalue weighted by Crippen LogP contribution is 1.95. The van der Waals surface area contributed by atoms with Gasteiger partial charge in [0.2, 0.25) is 0 Å². The van der Waals surface area contributed by atoms with Gasteiger partial charge in [-0.2, -0.15) is 0 Å². The van der Waals surface area contributed by atoms with Crippen molar-refractivity contribution >= 4 is 6.16 Å². The van der Waals surface area contributed by atoms with E-state index in [0.717, 1.165) is 0 Å². The molecule has 2 N–H and O–H groups in total. The zero-order valence-electron chi connectivity index (χ0n) is 10.2. The first-order valence-electron chi connectivity index (χ1n) is 5.17. The lowest BCUT2D eigenvalue weighted by molar-refractivity contribution is -0.504. The maximum absolute atomic E-state index is 10.9. The van der Waals surface area contributed by atoms with Crippen molar-refractivity contribution in [1.29, 1.82) is 0 Å². The molecule has 0 saturated carbocycles. The minimum absolute atomic E-state index is 0.0558. The summed E-state index contributed by atoms with van der Waals surface area (Å²) in [6.45, 7) is 5.35. The lowest BCUT2D eigenvalue weighted by Gasteiger charge is -2.14. The molecule has 0 aromatic carbocycles. The van der Waals surface area contributed by atoms with Gasteiger partial charge in [-0.3, -0.25) is 10.4 Å². The van der Waals surface area contributed by atoms with Gasteiger partial charge < -0.3 is 14.2 Å². The van der Waals surface area contributed by atoms with E-state index in [2.05, 4.69) is 9.57 Å². The van der Waals surface area contributed by atoms with Gasteiger partial charge in [0.05, 0.1) is 24.7 Å². The lowest BCUT2D eigenvalue weighted by atomic mass is 10.4. The third-order valence-corrected chi connectivity index (χ3v) is 1.41. The quantitative estimate of drug-likeness (QED) is 0.375. The zero-order chi connectivity index (χ0) is 13.3. The number of carbonyl (C=O) groups is 1. The van der Waals surface area contributed by atoms with Crippen molar-refractivity contribution in [3.8, 4) is 0 Å². The summed E-state index contributed by atoms with van der Waals surface area (Å²) in [5.41, 5.74) is 0. The minimum Gasteiger partial charge on any atom is -0.432 e. The minimum atomic E-state index is -0.746. The second-order valence-electron chi connectivity index (χ2n) is 3.51. The molecule has 0 fully saturated rings. The molecular formula is C9H19NO7. The molecule has 0 amide bonds. The molecule has 1 atom stereocenters. The first-order chi connectivity index (χ1) is 7.91. The van der Waals surface area contributed by atoms with E-state index in [4.69, 9.17) is 19.9 Å². The standard InChI is InChI=1S/C9H19NO7/c1-7(2)16-9(11)15-5-4-14-6-8(3)17-10(12)13/h7-8,12-13H,4-6H2,1-3H3/t8-/m1/s1. The summed E-state index contributed by atoms with van der Waals surface area (Å²) in [7, 11) is 0. The highest BCUT2D eigenvalue weighted by molar-refractivity contribution is 5.59. The van der Waals surface area contributed by atoms with Crippen molar-refractivity contribution in [2.75, 3.05) is 19.8 Å². The van der Waals surface area contributed by atoms with Crippen LogP contribution in [0.15, 0.2) is 0 Å². The number of hydrogen-bond donors (Lipinski definition) is 2. The molecular weight excluding hydrogens is 234 g/mol. The Morgan fingerprint density at radius 3 is 2.41 bits per heavy atom. The van der Waals surface area contributed by atoms with E-state index in [1.807, 2.05) is 0 Å². The predicted molar refractivity (Wildman–Crippen MR) is 54.3 cm³/mol. The summed E-state index contributed by atoms with van der Waals surface area (Å²) < 4.78 is 14.4. The molecule has 102 valence electrons. The van der Waals surface area contributed by atoms with Crippen LogP contribution >= 0.6 is 0 Å². The number of ether oxygens (including phenoxy) is 3. The zero-order valence-corrected chi connectivity index (χ0v) is 10.2. The summed E-state index contributed by atoms with van der Waals surface area (Å²) in [5, 5.41) is 16.2. The molecule has 8 heteroatoms. The fourth-order valence-electron chi connectivity index (χ4n) is 0.851. The fourth-order valence-corrected chi connectivity index (χ4v) is 0.851. The fraction of sp³-hybridized carbons (Fsp3) is 0.889. The first-order valence-corrected chi connectivity index (χ1v) is 5.17. The summed E-state index contributed by atoms with van der Waals surface area (Å²) >= 11 is 0. The highest BCUT2D eigenvalue weighted by atomic mass is 17.1. The second kappa shape index (κ2) is 9.14. The highest BCUT2D eigenvalue weighted by Gasteiger charge is 2.08. The van der Waals surface area contributed by atoms with E-state index in [0.29, 0.717) is 0 Å². The van der Waals surface area contributed by atoms with Crippen LogP contribution in [0.5, 0.6) is 0 Å². The topological polar surface area (TPSA) is 97.7 Å². The Balaban J connectivity index is 3.37. The first kappa shape index (κ1) is 16.1. The van der Waals surface area contributed by atoms with Gasteiger partial charge in [0.25, 0.3) is 0 Å². The van der Waals surface area contributed by atoms with Crippen LogP contribution in [-0.4, -0.2) is 54.0 Å². The van der Waals surface area contributed by atoms with Gasteiger partial charge in [-0.05, 0) is 20.8 Å². The third-order valence-electron chi connectivity index (χ3n) is 1.41. The van der Waals surface area contributed by atoms with E-state index < -0.39 is 12.3 Å². The van der Waals surface area contributed by atoms with Gasteiger partial charge in [-0.25, -0.2) is 9.63 Å². The average molecular weight is 253 g/mol. The maximum Gasteiger partial charge on any atom is 0.508 e. The maximum atomic E-state index is 10.9. The van der Waals surface area contributed by atoms with E-state index in [1.165, 1.54) is 0 Å². The SMILES string of the molecule is CC(C)OC(=O)OCCOC[C@@H](C)ON(O)O. The predicted octanol–water partition coefficient (Wildman–Crippen LogP) is 0.965. The Morgan fingerprint density at radius 1 is 1.24 bits per heavy atom.